The van der Waals surface area contributed by atoms with Crippen LogP contribution in [0.15, 0.2) is 0 Å². The lowest BCUT2D eigenvalue weighted by molar-refractivity contribution is -0.123. The fraction of sp³-hybridized carbons (Fsp3) is 0.909. The van der Waals surface area contributed by atoms with E-state index in [2.05, 4.69) is 52.2 Å². The average molecular weight is 369 g/mol. The molecule has 0 bridgehead atoms. The van der Waals surface area contributed by atoms with E-state index in [1.54, 1.807) is 0 Å². The highest BCUT2D eigenvalue weighted by Crippen LogP contribution is 2.23. The summed E-state index contributed by atoms with van der Waals surface area (Å²) in [7, 11) is 0. The molecular weight excluding hydrogens is 324 g/mol. The lowest BCUT2D eigenvalue weighted by Gasteiger charge is -2.17. The number of hydrogen-bond donors (Lipinski definition) is 2. The second-order valence-electron chi connectivity index (χ2n) is 9.94. The summed E-state index contributed by atoms with van der Waals surface area (Å²) < 4.78 is 0. The number of carbonyl (C=O) groups is 2. The second-order valence-corrected chi connectivity index (χ2v) is 9.94. The van der Waals surface area contributed by atoms with E-state index in [0.717, 1.165) is 25.7 Å². The van der Waals surface area contributed by atoms with Gasteiger partial charge in [0.05, 0.1) is 0 Å². The molecule has 0 atom stereocenters. The van der Waals surface area contributed by atoms with Gasteiger partial charge in [0.2, 0.25) is 11.8 Å². The van der Waals surface area contributed by atoms with E-state index in [1.165, 1.54) is 25.7 Å². The van der Waals surface area contributed by atoms with E-state index in [0.29, 0.717) is 36.8 Å². The number of carbonyl (C=O) groups excluding carboxylic acids is 2. The first kappa shape index (κ1) is 24.9. The zero-order chi connectivity index (χ0) is 20.1. The molecule has 2 amide bonds. The average Bonchev–Trinajstić information content (AvgIpc) is 2.48. The molecule has 2 N–H and O–H groups in total. The lowest BCUT2D eigenvalue weighted by Crippen LogP contribution is -2.34. The summed E-state index contributed by atoms with van der Waals surface area (Å²) in [5.74, 6) is 0.189. The Morgan fingerprint density at radius 3 is 1.23 bits per heavy atom. The molecule has 0 spiro atoms. The van der Waals surface area contributed by atoms with Crippen LogP contribution in [0.2, 0.25) is 0 Å². The minimum Gasteiger partial charge on any atom is -0.354 e. The first-order valence-corrected chi connectivity index (χ1v) is 10.5. The van der Waals surface area contributed by atoms with Gasteiger partial charge in [-0.05, 0) is 36.5 Å². The van der Waals surface area contributed by atoms with Crippen LogP contribution >= 0.6 is 0 Å². The van der Waals surface area contributed by atoms with Crippen molar-refractivity contribution in [2.45, 2.75) is 106 Å². The van der Waals surface area contributed by atoms with Crippen molar-refractivity contribution in [2.24, 2.45) is 10.8 Å². The van der Waals surface area contributed by atoms with Crippen LogP contribution < -0.4 is 10.6 Å². The van der Waals surface area contributed by atoms with Crippen LogP contribution in [-0.2, 0) is 9.59 Å². The number of hydrogen-bond acceptors (Lipinski definition) is 2. The Bertz CT molecular complexity index is 354. The number of amides is 2. The third-order valence-corrected chi connectivity index (χ3v) is 4.43. The zero-order valence-electron chi connectivity index (χ0n) is 18.3. The largest absolute Gasteiger partial charge is 0.354 e. The highest BCUT2D eigenvalue weighted by molar-refractivity contribution is 5.77. The van der Waals surface area contributed by atoms with E-state index in [9.17, 15) is 9.59 Å². The molecule has 0 fully saturated rings. The third kappa shape index (κ3) is 19.3. The van der Waals surface area contributed by atoms with Gasteiger partial charge in [0.15, 0.2) is 0 Å². The van der Waals surface area contributed by atoms with Gasteiger partial charge in [-0.1, -0.05) is 67.2 Å². The smallest absolute Gasteiger partial charge is 0.220 e. The van der Waals surface area contributed by atoms with Gasteiger partial charge >= 0.3 is 0 Å². The molecule has 4 nitrogen and oxygen atoms in total. The van der Waals surface area contributed by atoms with Crippen LogP contribution in [0.1, 0.15) is 106 Å². The third-order valence-electron chi connectivity index (χ3n) is 4.43. The minimum atomic E-state index is 0.0946. The van der Waals surface area contributed by atoms with Crippen molar-refractivity contribution in [2.75, 3.05) is 13.1 Å². The molecule has 0 radical (unpaired) electrons. The fourth-order valence-corrected chi connectivity index (χ4v) is 2.82. The Hall–Kier alpha value is -1.06. The maximum Gasteiger partial charge on any atom is 0.220 e. The summed E-state index contributed by atoms with van der Waals surface area (Å²) in [5, 5.41) is 5.77. The Kier molecular flexibility index (Phi) is 12.6. The zero-order valence-corrected chi connectivity index (χ0v) is 18.3. The molecule has 0 rings (SSSR count). The monoisotopic (exact) mass is 368 g/mol. The molecule has 0 aliphatic heterocycles. The summed E-state index contributed by atoms with van der Waals surface area (Å²) in [6, 6.07) is 0. The molecule has 4 heteroatoms. The van der Waals surface area contributed by atoms with Crippen molar-refractivity contribution in [3.8, 4) is 0 Å². The summed E-state index contributed by atoms with van der Waals surface area (Å²) in [6.07, 6.45) is 10.1. The highest BCUT2D eigenvalue weighted by atomic mass is 16.2. The van der Waals surface area contributed by atoms with Crippen LogP contribution in [0.3, 0.4) is 0 Å². The van der Waals surface area contributed by atoms with Gasteiger partial charge in [0.25, 0.3) is 0 Å². The predicted molar refractivity (Wildman–Crippen MR) is 111 cm³/mol. The molecule has 0 heterocycles. The van der Waals surface area contributed by atoms with Crippen LogP contribution in [0.5, 0.6) is 0 Å². The van der Waals surface area contributed by atoms with Crippen LogP contribution in [0, 0.1) is 10.8 Å². The molecule has 0 saturated carbocycles. The highest BCUT2D eigenvalue weighted by Gasteiger charge is 2.10. The van der Waals surface area contributed by atoms with Crippen LogP contribution in [0.25, 0.3) is 0 Å². The predicted octanol–water partition coefficient (Wildman–Crippen LogP) is 5.21. The van der Waals surface area contributed by atoms with Gasteiger partial charge < -0.3 is 10.6 Å². The van der Waals surface area contributed by atoms with Gasteiger partial charge in [0, 0.05) is 25.9 Å². The van der Waals surface area contributed by atoms with Crippen LogP contribution in [0.4, 0.5) is 0 Å². The maximum absolute atomic E-state index is 11.7. The van der Waals surface area contributed by atoms with Gasteiger partial charge in [-0.25, -0.2) is 0 Å². The van der Waals surface area contributed by atoms with E-state index < -0.39 is 0 Å². The number of nitrogens with one attached hydrogen (secondary N) is 2. The van der Waals surface area contributed by atoms with Gasteiger partial charge in [-0.15, -0.1) is 0 Å². The first-order chi connectivity index (χ1) is 12.0. The van der Waals surface area contributed by atoms with Crippen molar-refractivity contribution in [1.82, 2.24) is 10.6 Å². The van der Waals surface area contributed by atoms with Gasteiger partial charge in [-0.2, -0.15) is 0 Å². The molecule has 0 aromatic heterocycles. The van der Waals surface area contributed by atoms with E-state index >= 15 is 0 Å². The van der Waals surface area contributed by atoms with Crippen molar-refractivity contribution >= 4 is 11.8 Å². The molecule has 0 unspecified atom stereocenters. The molecule has 26 heavy (non-hydrogen) atoms. The Labute approximate surface area is 162 Å². The lowest BCUT2D eigenvalue weighted by atomic mass is 9.89. The topological polar surface area (TPSA) is 58.2 Å². The molecule has 0 saturated heterocycles. The van der Waals surface area contributed by atoms with E-state index in [4.69, 9.17) is 0 Å². The summed E-state index contributed by atoms with van der Waals surface area (Å²) in [6.45, 7) is 14.5. The minimum absolute atomic E-state index is 0.0946. The van der Waals surface area contributed by atoms with Gasteiger partial charge in [-0.3, -0.25) is 9.59 Å². The molecule has 0 aromatic rings. The summed E-state index contributed by atoms with van der Waals surface area (Å²) >= 11 is 0. The van der Waals surface area contributed by atoms with E-state index in [1.807, 2.05) is 0 Å². The molecule has 0 aliphatic carbocycles. The van der Waals surface area contributed by atoms with E-state index in [-0.39, 0.29) is 11.8 Å². The molecule has 0 aromatic carbocycles. The molecule has 154 valence electrons. The standard InChI is InChI=1S/C22H44N2O2/c1-21(2,3)15-11-7-9-13-19(25)23-17-18-24-20(26)14-10-8-12-16-22(4,5)6/h7-18H2,1-6H3,(H,23,25)(H,24,26). The Balaban J connectivity index is 3.47. The fourth-order valence-electron chi connectivity index (χ4n) is 2.82. The first-order valence-electron chi connectivity index (χ1n) is 10.5. The van der Waals surface area contributed by atoms with Gasteiger partial charge in [0.1, 0.15) is 0 Å². The van der Waals surface area contributed by atoms with Crippen LogP contribution in [-0.4, -0.2) is 24.9 Å². The quantitative estimate of drug-likeness (QED) is 0.438. The number of unbranched alkanes of at least 4 members (excludes halogenated alkanes) is 4. The Morgan fingerprint density at radius 1 is 0.577 bits per heavy atom. The normalized spacial score (nSPS) is 12.1. The summed E-state index contributed by atoms with van der Waals surface area (Å²) in [5.41, 5.74) is 0.764. The van der Waals surface area contributed by atoms with Crippen molar-refractivity contribution in [1.29, 1.82) is 0 Å². The second kappa shape index (κ2) is 13.2. The molecular formula is C22H44N2O2. The summed E-state index contributed by atoms with van der Waals surface area (Å²) in [4.78, 5) is 23.5. The van der Waals surface area contributed by atoms with Crippen molar-refractivity contribution in [3.63, 3.8) is 0 Å². The number of rotatable bonds is 13. The molecule has 0 aliphatic rings. The SMILES string of the molecule is CC(C)(C)CCCCCC(=O)NCCNC(=O)CCCCCC(C)(C)C. The van der Waals surface area contributed by atoms with Crippen molar-refractivity contribution < 1.29 is 9.59 Å². The Morgan fingerprint density at radius 2 is 0.923 bits per heavy atom. The maximum atomic E-state index is 11.7. The van der Waals surface area contributed by atoms with Crippen molar-refractivity contribution in [3.05, 3.63) is 0 Å².